The van der Waals surface area contributed by atoms with Crippen LogP contribution in [0.4, 0.5) is 29.1 Å². The molecule has 1 aromatic carbocycles. The van der Waals surface area contributed by atoms with Crippen molar-refractivity contribution < 1.29 is 17.6 Å². The summed E-state index contributed by atoms with van der Waals surface area (Å²) in [6.45, 7) is 1.81. The van der Waals surface area contributed by atoms with Gasteiger partial charge in [-0.3, -0.25) is 0 Å². The first-order valence-electron chi connectivity index (χ1n) is 7.47. The largest absolute Gasteiger partial charge is 0.433 e. The number of nitrogens with zero attached hydrogens (tertiary/aromatic N) is 5. The van der Waals surface area contributed by atoms with Crippen LogP contribution in [0, 0.1) is 17.1 Å². The summed E-state index contributed by atoms with van der Waals surface area (Å²) in [5.41, 5.74) is -0.137. The first-order valence-corrected chi connectivity index (χ1v) is 7.47. The molecule has 25 heavy (non-hydrogen) atoms. The van der Waals surface area contributed by atoms with Crippen LogP contribution in [0.3, 0.4) is 0 Å². The van der Waals surface area contributed by atoms with E-state index < -0.39 is 17.7 Å². The molecule has 0 atom stereocenters. The van der Waals surface area contributed by atoms with Gasteiger partial charge >= 0.3 is 6.18 Å². The molecule has 0 radical (unpaired) electrons. The summed E-state index contributed by atoms with van der Waals surface area (Å²) < 4.78 is 51.5. The molecular formula is C16H13F4N5. The molecule has 0 saturated carbocycles. The van der Waals surface area contributed by atoms with Crippen molar-refractivity contribution in [1.29, 1.82) is 5.26 Å². The fourth-order valence-electron chi connectivity index (χ4n) is 2.73. The summed E-state index contributed by atoms with van der Waals surface area (Å²) in [6.07, 6.45) is -3.62. The number of hydrogen-bond donors (Lipinski definition) is 0. The fourth-order valence-corrected chi connectivity index (χ4v) is 2.73. The minimum absolute atomic E-state index is 0.210. The second-order valence-electron chi connectivity index (χ2n) is 5.51. The number of halogens is 4. The third-order valence-corrected chi connectivity index (χ3v) is 3.97. The maximum Gasteiger partial charge on any atom is 0.433 e. The molecule has 0 N–H and O–H groups in total. The first-order chi connectivity index (χ1) is 11.9. The first kappa shape index (κ1) is 17.0. The zero-order valence-electron chi connectivity index (χ0n) is 13.0. The van der Waals surface area contributed by atoms with Crippen molar-refractivity contribution in [1.82, 2.24) is 9.97 Å². The van der Waals surface area contributed by atoms with Gasteiger partial charge in [0.2, 0.25) is 0 Å². The van der Waals surface area contributed by atoms with Gasteiger partial charge in [0.1, 0.15) is 29.7 Å². The van der Waals surface area contributed by atoms with Crippen LogP contribution >= 0.6 is 0 Å². The standard InChI is InChI=1S/C16H13F4N5/c17-12-1-2-13(11(7-12)9-21)24-3-5-25(6-4-24)15-8-14(16(18,19)20)22-10-23-15/h1-2,7-8,10H,3-6H2. The van der Waals surface area contributed by atoms with Crippen LogP contribution in [0.2, 0.25) is 0 Å². The molecule has 0 unspecified atom stereocenters. The maximum absolute atomic E-state index is 13.2. The number of rotatable bonds is 2. The SMILES string of the molecule is N#Cc1cc(F)ccc1N1CCN(c2cc(C(F)(F)F)ncn2)CC1. The Hall–Kier alpha value is -2.89. The lowest BCUT2D eigenvalue weighted by Crippen LogP contribution is -2.47. The lowest BCUT2D eigenvalue weighted by atomic mass is 10.1. The molecule has 2 heterocycles. The summed E-state index contributed by atoms with van der Waals surface area (Å²) in [6, 6.07) is 6.87. The second-order valence-corrected chi connectivity index (χ2v) is 5.51. The Balaban J connectivity index is 1.74. The highest BCUT2D eigenvalue weighted by Gasteiger charge is 2.33. The molecule has 5 nitrogen and oxygen atoms in total. The van der Waals surface area contributed by atoms with Crippen LogP contribution in [-0.4, -0.2) is 36.1 Å². The number of alkyl halides is 3. The molecule has 0 amide bonds. The molecule has 3 rings (SSSR count). The molecule has 0 bridgehead atoms. The van der Waals surface area contributed by atoms with E-state index in [4.69, 9.17) is 5.26 Å². The molecule has 9 heteroatoms. The Bertz CT molecular complexity index is 807. The maximum atomic E-state index is 13.2. The van der Waals surface area contributed by atoms with Crippen molar-refractivity contribution in [3.63, 3.8) is 0 Å². The van der Waals surface area contributed by atoms with E-state index in [2.05, 4.69) is 9.97 Å². The van der Waals surface area contributed by atoms with Crippen LogP contribution in [0.1, 0.15) is 11.3 Å². The summed E-state index contributed by atoms with van der Waals surface area (Å²) in [7, 11) is 0. The molecule has 2 aromatic rings. The van der Waals surface area contributed by atoms with Gasteiger partial charge in [-0.15, -0.1) is 0 Å². The second kappa shape index (κ2) is 6.55. The highest BCUT2D eigenvalue weighted by atomic mass is 19.4. The van der Waals surface area contributed by atoms with Gasteiger partial charge in [-0.25, -0.2) is 14.4 Å². The van der Waals surface area contributed by atoms with Gasteiger partial charge in [-0.1, -0.05) is 0 Å². The van der Waals surface area contributed by atoms with Crippen LogP contribution < -0.4 is 9.80 Å². The van der Waals surface area contributed by atoms with E-state index in [1.807, 2.05) is 11.0 Å². The minimum Gasteiger partial charge on any atom is -0.367 e. The topological polar surface area (TPSA) is 56.1 Å². The molecule has 0 spiro atoms. The number of aromatic nitrogens is 2. The Morgan fingerprint density at radius 2 is 1.68 bits per heavy atom. The average molecular weight is 351 g/mol. The fraction of sp³-hybridized carbons (Fsp3) is 0.312. The van der Waals surface area contributed by atoms with E-state index in [-0.39, 0.29) is 11.4 Å². The highest BCUT2D eigenvalue weighted by molar-refractivity contribution is 5.60. The number of benzene rings is 1. The molecule has 1 aliphatic rings. The van der Waals surface area contributed by atoms with E-state index in [1.54, 1.807) is 4.90 Å². The molecule has 1 aromatic heterocycles. The average Bonchev–Trinajstić information content (AvgIpc) is 2.61. The van der Waals surface area contributed by atoms with Gasteiger partial charge in [-0.05, 0) is 18.2 Å². The van der Waals surface area contributed by atoms with E-state index >= 15 is 0 Å². The van der Waals surface area contributed by atoms with Crippen LogP contribution in [0.15, 0.2) is 30.6 Å². The Labute approximate surface area is 141 Å². The lowest BCUT2D eigenvalue weighted by Gasteiger charge is -2.37. The molecule has 1 fully saturated rings. The summed E-state index contributed by atoms with van der Waals surface area (Å²) in [5, 5.41) is 9.13. The molecule has 1 aliphatic heterocycles. The summed E-state index contributed by atoms with van der Waals surface area (Å²) >= 11 is 0. The minimum atomic E-state index is -4.52. The monoisotopic (exact) mass is 351 g/mol. The molecule has 130 valence electrons. The Kier molecular flexibility index (Phi) is 4.44. The number of nitriles is 1. The van der Waals surface area contributed by atoms with Crippen molar-refractivity contribution in [2.45, 2.75) is 6.18 Å². The predicted molar refractivity (Wildman–Crippen MR) is 82.6 cm³/mol. The van der Waals surface area contributed by atoms with Gasteiger partial charge in [0.15, 0.2) is 0 Å². The Morgan fingerprint density at radius 1 is 1.00 bits per heavy atom. The third kappa shape index (κ3) is 3.63. The molecule has 0 aliphatic carbocycles. The predicted octanol–water partition coefficient (Wildman–Crippen LogP) is 2.83. The quantitative estimate of drug-likeness (QED) is 0.779. The van der Waals surface area contributed by atoms with E-state index in [0.29, 0.717) is 31.9 Å². The number of piperazine rings is 1. The lowest BCUT2D eigenvalue weighted by molar-refractivity contribution is -0.141. The van der Waals surface area contributed by atoms with Crippen molar-refractivity contribution in [3.05, 3.63) is 47.7 Å². The number of anilines is 2. The highest BCUT2D eigenvalue weighted by Crippen LogP contribution is 2.29. The van der Waals surface area contributed by atoms with Gasteiger partial charge < -0.3 is 9.80 Å². The van der Waals surface area contributed by atoms with Crippen LogP contribution in [0.5, 0.6) is 0 Å². The zero-order chi connectivity index (χ0) is 18.0. The normalized spacial score (nSPS) is 15.2. The van der Waals surface area contributed by atoms with Crippen molar-refractivity contribution in [2.75, 3.05) is 36.0 Å². The van der Waals surface area contributed by atoms with Gasteiger partial charge in [0.25, 0.3) is 0 Å². The van der Waals surface area contributed by atoms with Crippen molar-refractivity contribution >= 4 is 11.5 Å². The number of hydrogen-bond acceptors (Lipinski definition) is 5. The zero-order valence-corrected chi connectivity index (χ0v) is 13.0. The van der Waals surface area contributed by atoms with Crippen molar-refractivity contribution in [3.8, 4) is 6.07 Å². The van der Waals surface area contributed by atoms with E-state index in [0.717, 1.165) is 12.4 Å². The summed E-state index contributed by atoms with van der Waals surface area (Å²) in [4.78, 5) is 10.8. The Morgan fingerprint density at radius 3 is 2.32 bits per heavy atom. The third-order valence-electron chi connectivity index (χ3n) is 3.97. The summed E-state index contributed by atoms with van der Waals surface area (Å²) in [5.74, 6) is -0.277. The molecular weight excluding hydrogens is 338 g/mol. The van der Waals surface area contributed by atoms with Gasteiger partial charge in [-0.2, -0.15) is 18.4 Å². The van der Waals surface area contributed by atoms with Crippen molar-refractivity contribution in [2.24, 2.45) is 0 Å². The smallest absolute Gasteiger partial charge is 0.367 e. The van der Waals surface area contributed by atoms with Crippen LogP contribution in [-0.2, 0) is 6.18 Å². The van der Waals surface area contributed by atoms with E-state index in [9.17, 15) is 17.6 Å². The molecule has 1 saturated heterocycles. The van der Waals surface area contributed by atoms with E-state index in [1.165, 1.54) is 18.2 Å². The van der Waals surface area contributed by atoms with Gasteiger partial charge in [0, 0.05) is 32.2 Å². The van der Waals surface area contributed by atoms with Gasteiger partial charge in [0.05, 0.1) is 11.3 Å². The van der Waals surface area contributed by atoms with Crippen LogP contribution in [0.25, 0.3) is 0 Å².